The zero-order chi connectivity index (χ0) is 31.1. The molecule has 1 aliphatic rings. The summed E-state index contributed by atoms with van der Waals surface area (Å²) in [7, 11) is 0. The van der Waals surface area contributed by atoms with Crippen LogP contribution in [0.1, 0.15) is 52.2 Å². The standard InChI is InChI=1S/C43H39NO/c1-6-8-13-29(3)26-32(7-2)44(34-23-24-36-35-14-9-11-16-39(35)43(4,5)40(36)28-34)33-21-18-30(19-22-33)31-20-25-42-38(27-31)37-15-10-12-17-41(37)45-42/h6-25,27-28H,26H2,1-5H3/b8-6-,29-13+,32-7+. The molecule has 6 aromatic rings. The zero-order valence-electron chi connectivity index (χ0n) is 26.8. The fraction of sp³-hybridized carbons (Fsp3) is 0.163. The fourth-order valence-corrected chi connectivity index (χ4v) is 6.94. The third kappa shape index (κ3) is 5.01. The van der Waals surface area contributed by atoms with Gasteiger partial charge in [0.1, 0.15) is 11.2 Å². The second-order valence-corrected chi connectivity index (χ2v) is 12.6. The number of furan rings is 1. The van der Waals surface area contributed by atoms with Crippen LogP contribution in [0.25, 0.3) is 44.2 Å². The van der Waals surface area contributed by atoms with Crippen LogP contribution in [0.4, 0.5) is 11.4 Å². The van der Waals surface area contributed by atoms with E-state index in [1.165, 1.54) is 50.3 Å². The molecule has 0 saturated heterocycles. The number of allylic oxidation sites excluding steroid dienone is 5. The molecule has 0 aliphatic heterocycles. The lowest BCUT2D eigenvalue weighted by Gasteiger charge is -2.30. The highest BCUT2D eigenvalue weighted by Crippen LogP contribution is 2.50. The summed E-state index contributed by atoms with van der Waals surface area (Å²) < 4.78 is 6.08. The number of hydrogen-bond donors (Lipinski definition) is 0. The van der Waals surface area contributed by atoms with Crippen LogP contribution in [0.5, 0.6) is 0 Å². The number of fused-ring (bicyclic) bond motifs is 6. The molecule has 5 aromatic carbocycles. The molecule has 1 heterocycles. The molecule has 0 radical (unpaired) electrons. The number of nitrogens with zero attached hydrogens (tertiary/aromatic N) is 1. The van der Waals surface area contributed by atoms with Crippen LogP contribution in [-0.2, 0) is 5.41 Å². The van der Waals surface area contributed by atoms with Gasteiger partial charge in [-0.3, -0.25) is 0 Å². The van der Waals surface area contributed by atoms with Gasteiger partial charge in [-0.2, -0.15) is 0 Å². The monoisotopic (exact) mass is 585 g/mol. The average molecular weight is 586 g/mol. The van der Waals surface area contributed by atoms with Gasteiger partial charge in [-0.15, -0.1) is 0 Å². The first-order valence-corrected chi connectivity index (χ1v) is 15.9. The Kier molecular flexibility index (Phi) is 7.30. The van der Waals surface area contributed by atoms with Crippen LogP contribution in [-0.4, -0.2) is 0 Å². The quantitative estimate of drug-likeness (QED) is 0.173. The summed E-state index contributed by atoms with van der Waals surface area (Å²) in [4.78, 5) is 2.43. The Morgan fingerprint density at radius 2 is 1.38 bits per heavy atom. The van der Waals surface area contributed by atoms with Crippen molar-refractivity contribution in [2.24, 2.45) is 0 Å². The highest BCUT2D eigenvalue weighted by atomic mass is 16.3. The van der Waals surface area contributed by atoms with Crippen LogP contribution in [0.3, 0.4) is 0 Å². The van der Waals surface area contributed by atoms with Gasteiger partial charge in [0.25, 0.3) is 0 Å². The van der Waals surface area contributed by atoms with Crippen LogP contribution in [0.15, 0.2) is 149 Å². The molecular weight excluding hydrogens is 546 g/mol. The van der Waals surface area contributed by atoms with E-state index in [1.54, 1.807) is 0 Å². The molecule has 1 aromatic heterocycles. The summed E-state index contributed by atoms with van der Waals surface area (Å²) in [6.07, 6.45) is 9.53. The lowest BCUT2D eigenvalue weighted by molar-refractivity contribution is 0.660. The van der Waals surface area contributed by atoms with Gasteiger partial charge < -0.3 is 9.32 Å². The lowest BCUT2D eigenvalue weighted by Crippen LogP contribution is -2.19. The van der Waals surface area contributed by atoms with Gasteiger partial charge in [0, 0.05) is 39.7 Å². The SMILES string of the molecule is C/C=C\C=C(/C)C/C(=C\C)N(c1ccc(-c2ccc3oc4ccccc4c3c2)cc1)c1ccc2c(c1)C(C)(C)c1ccccc1-2. The summed E-state index contributed by atoms with van der Waals surface area (Å²) in [6, 6.07) is 39.6. The molecule has 0 fully saturated rings. The second-order valence-electron chi connectivity index (χ2n) is 12.6. The van der Waals surface area contributed by atoms with Gasteiger partial charge >= 0.3 is 0 Å². The third-order valence-corrected chi connectivity index (χ3v) is 9.31. The Labute approximate surface area is 266 Å². The molecule has 222 valence electrons. The zero-order valence-corrected chi connectivity index (χ0v) is 26.8. The summed E-state index contributed by atoms with van der Waals surface area (Å²) in [5, 5.41) is 2.30. The maximum absolute atomic E-state index is 6.08. The first-order chi connectivity index (χ1) is 21.9. The van der Waals surface area contributed by atoms with Crippen molar-refractivity contribution in [1.29, 1.82) is 0 Å². The summed E-state index contributed by atoms with van der Waals surface area (Å²) in [5.74, 6) is 0. The van der Waals surface area contributed by atoms with Crippen molar-refractivity contribution in [3.63, 3.8) is 0 Å². The third-order valence-electron chi connectivity index (χ3n) is 9.31. The van der Waals surface area contributed by atoms with Crippen molar-refractivity contribution in [3.05, 3.63) is 156 Å². The van der Waals surface area contributed by atoms with E-state index in [0.717, 1.165) is 34.0 Å². The fourth-order valence-electron chi connectivity index (χ4n) is 6.94. The van der Waals surface area contributed by atoms with Crippen molar-refractivity contribution < 1.29 is 4.42 Å². The van der Waals surface area contributed by atoms with E-state index < -0.39 is 0 Å². The number of hydrogen-bond acceptors (Lipinski definition) is 2. The highest BCUT2D eigenvalue weighted by Gasteiger charge is 2.35. The van der Waals surface area contributed by atoms with Gasteiger partial charge in [-0.25, -0.2) is 0 Å². The molecule has 0 amide bonds. The Morgan fingerprint density at radius 3 is 2.18 bits per heavy atom. The summed E-state index contributed by atoms with van der Waals surface area (Å²) >= 11 is 0. The van der Waals surface area contributed by atoms with Crippen LogP contribution in [0, 0.1) is 0 Å². The Morgan fingerprint density at radius 1 is 0.689 bits per heavy atom. The maximum Gasteiger partial charge on any atom is 0.135 e. The molecule has 7 rings (SSSR count). The molecular formula is C43H39NO. The molecule has 0 spiro atoms. The molecule has 45 heavy (non-hydrogen) atoms. The highest BCUT2D eigenvalue weighted by molar-refractivity contribution is 6.06. The van der Waals surface area contributed by atoms with Crippen molar-refractivity contribution >= 4 is 33.3 Å². The first-order valence-electron chi connectivity index (χ1n) is 15.9. The molecule has 2 nitrogen and oxygen atoms in total. The average Bonchev–Trinajstić information content (AvgIpc) is 3.55. The molecule has 0 saturated carbocycles. The Hall–Kier alpha value is -5.08. The molecule has 0 unspecified atom stereocenters. The van der Waals surface area contributed by atoms with Gasteiger partial charge in [-0.05, 0) is 96.6 Å². The predicted molar refractivity (Wildman–Crippen MR) is 192 cm³/mol. The minimum atomic E-state index is -0.0643. The van der Waals surface area contributed by atoms with Gasteiger partial charge in [-0.1, -0.05) is 110 Å². The Balaban J connectivity index is 1.31. The van der Waals surface area contributed by atoms with E-state index in [1.807, 2.05) is 12.1 Å². The van der Waals surface area contributed by atoms with E-state index in [2.05, 4.69) is 161 Å². The van der Waals surface area contributed by atoms with Crippen molar-refractivity contribution in [3.8, 4) is 22.3 Å². The van der Waals surface area contributed by atoms with E-state index >= 15 is 0 Å². The predicted octanol–water partition coefficient (Wildman–Crippen LogP) is 12.5. The number of para-hydroxylation sites is 1. The maximum atomic E-state index is 6.08. The van der Waals surface area contributed by atoms with Gasteiger partial charge in [0.2, 0.25) is 0 Å². The lowest BCUT2D eigenvalue weighted by atomic mass is 9.82. The molecule has 1 aliphatic carbocycles. The number of benzene rings is 5. The van der Waals surface area contributed by atoms with Crippen molar-refractivity contribution in [2.45, 2.75) is 46.5 Å². The molecule has 2 heteroatoms. The van der Waals surface area contributed by atoms with Crippen LogP contribution in [0.2, 0.25) is 0 Å². The molecule has 0 bridgehead atoms. The normalized spacial score (nSPS) is 14.3. The van der Waals surface area contributed by atoms with Gasteiger partial charge in [0.15, 0.2) is 0 Å². The molecule has 0 atom stereocenters. The van der Waals surface area contributed by atoms with Crippen LogP contribution < -0.4 is 4.90 Å². The summed E-state index contributed by atoms with van der Waals surface area (Å²) in [5.41, 5.74) is 14.5. The second kappa shape index (κ2) is 11.4. The minimum absolute atomic E-state index is 0.0643. The van der Waals surface area contributed by atoms with Gasteiger partial charge in [0.05, 0.1) is 0 Å². The first kappa shape index (κ1) is 28.7. The van der Waals surface area contributed by atoms with E-state index in [-0.39, 0.29) is 5.41 Å². The topological polar surface area (TPSA) is 16.4 Å². The largest absolute Gasteiger partial charge is 0.456 e. The smallest absolute Gasteiger partial charge is 0.135 e. The minimum Gasteiger partial charge on any atom is -0.456 e. The van der Waals surface area contributed by atoms with Crippen LogP contribution >= 0.6 is 0 Å². The number of anilines is 2. The van der Waals surface area contributed by atoms with E-state index in [0.29, 0.717) is 0 Å². The summed E-state index contributed by atoms with van der Waals surface area (Å²) in [6.45, 7) is 11.1. The van der Waals surface area contributed by atoms with E-state index in [4.69, 9.17) is 4.42 Å². The van der Waals surface area contributed by atoms with Crippen molar-refractivity contribution in [1.82, 2.24) is 0 Å². The Bertz CT molecular complexity index is 2140. The van der Waals surface area contributed by atoms with E-state index in [9.17, 15) is 0 Å². The molecule has 0 N–H and O–H groups in total. The van der Waals surface area contributed by atoms with Crippen molar-refractivity contribution in [2.75, 3.05) is 4.90 Å². The number of rotatable bonds is 7.